The first-order valence-electron chi connectivity index (χ1n) is 6.13. The third kappa shape index (κ3) is 2.60. The van der Waals surface area contributed by atoms with Crippen LogP contribution in [0.25, 0.3) is 0 Å². The van der Waals surface area contributed by atoms with Crippen molar-refractivity contribution in [3.63, 3.8) is 0 Å². The Morgan fingerprint density at radius 2 is 2.28 bits per heavy atom. The third-order valence-corrected chi connectivity index (χ3v) is 3.35. The second-order valence-electron chi connectivity index (χ2n) is 4.47. The number of phenols is 1. The lowest BCUT2D eigenvalue weighted by Crippen LogP contribution is -2.59. The molecule has 1 aromatic carbocycles. The van der Waals surface area contributed by atoms with E-state index in [-0.39, 0.29) is 17.7 Å². The van der Waals surface area contributed by atoms with E-state index in [2.05, 4.69) is 5.32 Å². The summed E-state index contributed by atoms with van der Waals surface area (Å²) in [4.78, 5) is 14.2. The van der Waals surface area contributed by atoms with Crippen molar-refractivity contribution in [3.8, 4) is 5.75 Å². The molecule has 2 N–H and O–H groups in total. The molecule has 5 heteroatoms. The number of carbonyl (C=O) groups excluding carboxylic acids is 1. The van der Waals surface area contributed by atoms with E-state index in [0.29, 0.717) is 17.1 Å². The molecule has 0 bridgehead atoms. The van der Waals surface area contributed by atoms with Crippen LogP contribution in [0.15, 0.2) is 18.2 Å². The van der Waals surface area contributed by atoms with E-state index in [0.717, 1.165) is 19.5 Å². The van der Waals surface area contributed by atoms with Gasteiger partial charge in [0.2, 0.25) is 0 Å². The van der Waals surface area contributed by atoms with Crippen molar-refractivity contribution in [2.75, 3.05) is 19.6 Å². The molecule has 1 amide bonds. The summed E-state index contributed by atoms with van der Waals surface area (Å²) in [5.41, 5.74) is 0.319. The van der Waals surface area contributed by atoms with Crippen LogP contribution in [-0.4, -0.2) is 41.6 Å². The second kappa shape index (κ2) is 5.59. The van der Waals surface area contributed by atoms with Gasteiger partial charge in [-0.15, -0.1) is 0 Å². The van der Waals surface area contributed by atoms with Crippen molar-refractivity contribution in [2.45, 2.75) is 19.4 Å². The molecule has 2 rings (SSSR count). The molecule has 1 heterocycles. The molecule has 0 atom stereocenters. The molecule has 4 nitrogen and oxygen atoms in total. The molecule has 1 aliphatic rings. The Hall–Kier alpha value is -1.26. The van der Waals surface area contributed by atoms with Crippen LogP contribution in [0.3, 0.4) is 0 Å². The van der Waals surface area contributed by atoms with Crippen LogP contribution in [0.1, 0.15) is 23.7 Å². The Balaban J connectivity index is 2.21. The van der Waals surface area contributed by atoms with E-state index in [1.165, 1.54) is 6.07 Å². The number of carbonyl (C=O) groups is 1. The summed E-state index contributed by atoms with van der Waals surface area (Å²) in [6.07, 6.45) is 0.899. The summed E-state index contributed by atoms with van der Waals surface area (Å²) < 4.78 is 0. The van der Waals surface area contributed by atoms with Crippen molar-refractivity contribution in [3.05, 3.63) is 28.8 Å². The molecule has 98 valence electrons. The predicted molar refractivity (Wildman–Crippen MR) is 71.1 cm³/mol. The Morgan fingerprint density at radius 3 is 2.78 bits per heavy atom. The van der Waals surface area contributed by atoms with Gasteiger partial charge in [-0.1, -0.05) is 18.5 Å². The van der Waals surface area contributed by atoms with E-state index >= 15 is 0 Å². The fraction of sp³-hybridized carbons (Fsp3) is 0.462. The molecule has 1 saturated heterocycles. The van der Waals surface area contributed by atoms with Gasteiger partial charge < -0.3 is 15.3 Å². The number of aromatic hydroxyl groups is 1. The molecule has 0 aliphatic carbocycles. The largest absolute Gasteiger partial charge is 0.507 e. The Morgan fingerprint density at radius 1 is 1.56 bits per heavy atom. The number of amides is 1. The van der Waals surface area contributed by atoms with Crippen LogP contribution in [0.5, 0.6) is 5.75 Å². The van der Waals surface area contributed by atoms with Crippen molar-refractivity contribution in [2.24, 2.45) is 0 Å². The van der Waals surface area contributed by atoms with Gasteiger partial charge >= 0.3 is 0 Å². The molecule has 0 aromatic heterocycles. The number of phenolic OH excluding ortho intramolecular Hbond substituents is 1. The number of hydrogen-bond donors (Lipinski definition) is 2. The molecule has 0 radical (unpaired) electrons. The van der Waals surface area contributed by atoms with Crippen LogP contribution in [0, 0.1) is 0 Å². The first kappa shape index (κ1) is 13.2. The van der Waals surface area contributed by atoms with E-state index in [4.69, 9.17) is 11.6 Å². The fourth-order valence-electron chi connectivity index (χ4n) is 2.03. The minimum atomic E-state index is -0.127. The molecule has 18 heavy (non-hydrogen) atoms. The average Bonchev–Trinajstić information content (AvgIpc) is 2.25. The summed E-state index contributed by atoms with van der Waals surface area (Å²) in [7, 11) is 0. The fourth-order valence-corrected chi connectivity index (χ4v) is 2.19. The minimum Gasteiger partial charge on any atom is -0.507 e. The van der Waals surface area contributed by atoms with Gasteiger partial charge in [-0.25, -0.2) is 0 Å². The quantitative estimate of drug-likeness (QED) is 0.877. The molecule has 1 fully saturated rings. The van der Waals surface area contributed by atoms with Crippen LogP contribution in [0.2, 0.25) is 5.02 Å². The SMILES string of the molecule is CCCN(C(=O)c1ccc(Cl)cc1O)C1CNC1. The zero-order chi connectivity index (χ0) is 13.1. The Kier molecular flexibility index (Phi) is 4.09. The topological polar surface area (TPSA) is 52.6 Å². The second-order valence-corrected chi connectivity index (χ2v) is 4.91. The van der Waals surface area contributed by atoms with Gasteiger partial charge in [-0.2, -0.15) is 0 Å². The molecule has 1 aromatic rings. The van der Waals surface area contributed by atoms with Crippen LogP contribution >= 0.6 is 11.6 Å². The number of halogens is 1. The Labute approximate surface area is 112 Å². The van der Waals surface area contributed by atoms with E-state index in [9.17, 15) is 9.90 Å². The van der Waals surface area contributed by atoms with Gasteiger partial charge in [-0.05, 0) is 24.6 Å². The summed E-state index contributed by atoms with van der Waals surface area (Å²) in [5, 5.41) is 13.4. The van der Waals surface area contributed by atoms with Crippen LogP contribution in [0.4, 0.5) is 0 Å². The van der Waals surface area contributed by atoms with E-state index in [1.54, 1.807) is 12.1 Å². The van der Waals surface area contributed by atoms with Crippen molar-refractivity contribution in [1.29, 1.82) is 0 Å². The molecule has 0 spiro atoms. The van der Waals surface area contributed by atoms with Gasteiger partial charge in [0.25, 0.3) is 5.91 Å². The highest BCUT2D eigenvalue weighted by Crippen LogP contribution is 2.24. The first-order valence-corrected chi connectivity index (χ1v) is 6.51. The standard InChI is InChI=1S/C13H17ClN2O2/c1-2-5-16(10-7-15-8-10)13(18)11-4-3-9(14)6-12(11)17/h3-4,6,10,15,17H,2,5,7-8H2,1H3. The maximum absolute atomic E-state index is 12.4. The highest BCUT2D eigenvalue weighted by Gasteiger charge is 2.29. The number of nitrogens with zero attached hydrogens (tertiary/aromatic N) is 1. The lowest BCUT2D eigenvalue weighted by Gasteiger charge is -2.38. The molecular weight excluding hydrogens is 252 g/mol. The zero-order valence-corrected chi connectivity index (χ0v) is 11.1. The van der Waals surface area contributed by atoms with Crippen molar-refractivity contribution < 1.29 is 9.90 Å². The lowest BCUT2D eigenvalue weighted by atomic mass is 10.1. The smallest absolute Gasteiger partial charge is 0.257 e. The highest BCUT2D eigenvalue weighted by molar-refractivity contribution is 6.30. The monoisotopic (exact) mass is 268 g/mol. The zero-order valence-electron chi connectivity index (χ0n) is 10.3. The predicted octanol–water partition coefficient (Wildman–Crippen LogP) is 1.87. The first-order chi connectivity index (χ1) is 8.63. The average molecular weight is 269 g/mol. The van der Waals surface area contributed by atoms with Gasteiger partial charge in [0.15, 0.2) is 0 Å². The highest BCUT2D eigenvalue weighted by atomic mass is 35.5. The third-order valence-electron chi connectivity index (χ3n) is 3.12. The minimum absolute atomic E-state index is 0.0547. The molecular formula is C13H17ClN2O2. The molecule has 0 saturated carbocycles. The van der Waals surface area contributed by atoms with Crippen LogP contribution in [-0.2, 0) is 0 Å². The number of rotatable bonds is 4. The number of nitrogens with one attached hydrogen (secondary N) is 1. The summed E-state index contributed by atoms with van der Waals surface area (Å²) in [5.74, 6) is -0.182. The molecule has 0 unspecified atom stereocenters. The number of hydrogen-bond acceptors (Lipinski definition) is 3. The van der Waals surface area contributed by atoms with E-state index < -0.39 is 0 Å². The van der Waals surface area contributed by atoms with Gasteiger partial charge in [0.1, 0.15) is 5.75 Å². The lowest BCUT2D eigenvalue weighted by molar-refractivity contribution is 0.0613. The van der Waals surface area contributed by atoms with E-state index in [1.807, 2.05) is 11.8 Å². The Bertz CT molecular complexity index is 447. The summed E-state index contributed by atoms with van der Waals surface area (Å²) >= 11 is 5.77. The normalized spacial score (nSPS) is 15.2. The number of benzene rings is 1. The summed E-state index contributed by atoms with van der Waals surface area (Å²) in [6, 6.07) is 4.83. The summed E-state index contributed by atoms with van der Waals surface area (Å²) in [6.45, 7) is 4.38. The maximum Gasteiger partial charge on any atom is 0.257 e. The van der Waals surface area contributed by atoms with Gasteiger partial charge in [0.05, 0.1) is 11.6 Å². The van der Waals surface area contributed by atoms with Gasteiger partial charge in [0, 0.05) is 24.7 Å². The van der Waals surface area contributed by atoms with Crippen molar-refractivity contribution >= 4 is 17.5 Å². The van der Waals surface area contributed by atoms with Gasteiger partial charge in [-0.3, -0.25) is 4.79 Å². The van der Waals surface area contributed by atoms with Crippen molar-refractivity contribution in [1.82, 2.24) is 10.2 Å². The maximum atomic E-state index is 12.4. The van der Waals surface area contributed by atoms with Crippen LogP contribution < -0.4 is 5.32 Å². The molecule has 1 aliphatic heterocycles.